The Kier molecular flexibility index (Phi) is 1.37. The lowest BCUT2D eigenvalue weighted by molar-refractivity contribution is 0.444. The lowest BCUT2D eigenvalue weighted by atomic mass is 10.3. The van der Waals surface area contributed by atoms with Gasteiger partial charge in [-0.15, -0.1) is 0 Å². The predicted octanol–water partition coefficient (Wildman–Crippen LogP) is -0.0313. The van der Waals surface area contributed by atoms with Crippen molar-refractivity contribution in [3.63, 3.8) is 0 Å². The lowest BCUT2D eigenvalue weighted by Crippen LogP contribution is -2.30. The van der Waals surface area contributed by atoms with Gasteiger partial charge in [-0.3, -0.25) is 0 Å². The maximum atomic E-state index is 11.5. The van der Waals surface area contributed by atoms with E-state index in [2.05, 4.69) is 10.4 Å². The van der Waals surface area contributed by atoms with Crippen LogP contribution in [0.15, 0.2) is 4.79 Å². The summed E-state index contributed by atoms with van der Waals surface area (Å²) in [6, 6.07) is 0. The number of nitrogens with zero attached hydrogens (tertiary/aromatic N) is 4. The van der Waals surface area contributed by atoms with E-state index in [4.69, 9.17) is 0 Å². The average molecular weight is 168 g/mol. The number of hydrogen-bond acceptors (Lipinski definition) is 3. The maximum absolute atomic E-state index is 11.5. The smallest absolute Gasteiger partial charge is 0.244 e. The molecule has 1 aliphatic rings. The second-order valence-electron chi connectivity index (χ2n) is 3.49. The largest absolute Gasteiger partial charge is 0.364 e. The van der Waals surface area contributed by atoms with Crippen LogP contribution in [0.25, 0.3) is 0 Å². The highest BCUT2D eigenvalue weighted by molar-refractivity contribution is 4.93. The van der Waals surface area contributed by atoms with E-state index in [0.29, 0.717) is 6.54 Å². The van der Waals surface area contributed by atoms with Gasteiger partial charge in [-0.05, 0) is 37.1 Å². The molecule has 0 aromatic carbocycles. The van der Waals surface area contributed by atoms with E-state index in [9.17, 15) is 4.79 Å². The van der Waals surface area contributed by atoms with E-state index < -0.39 is 0 Å². The zero-order valence-electron chi connectivity index (χ0n) is 7.32. The van der Waals surface area contributed by atoms with Gasteiger partial charge in [-0.2, -0.15) is 9.36 Å². The standard InChI is InChI=1S/C7H12N4O/c1-3-10-6(12)11(9-8-10)7(2)4-5-7/h3-5H2,1-2H3. The number of aryl methyl sites for hydroxylation is 1. The fourth-order valence-corrected chi connectivity index (χ4v) is 1.20. The van der Waals surface area contributed by atoms with Crippen molar-refractivity contribution in [2.45, 2.75) is 38.8 Å². The number of tetrazole rings is 1. The monoisotopic (exact) mass is 168 g/mol. The van der Waals surface area contributed by atoms with Crippen LogP contribution < -0.4 is 5.69 Å². The number of rotatable bonds is 2. The van der Waals surface area contributed by atoms with Gasteiger partial charge in [0.1, 0.15) is 0 Å². The summed E-state index contributed by atoms with van der Waals surface area (Å²) in [5.41, 5.74) is -0.123. The fraction of sp³-hybridized carbons (Fsp3) is 0.857. The Morgan fingerprint density at radius 1 is 1.50 bits per heavy atom. The van der Waals surface area contributed by atoms with Crippen molar-refractivity contribution in [2.24, 2.45) is 0 Å². The van der Waals surface area contributed by atoms with E-state index in [0.717, 1.165) is 12.8 Å². The van der Waals surface area contributed by atoms with Crippen molar-refractivity contribution in [1.82, 2.24) is 19.8 Å². The molecule has 1 heterocycles. The first-order valence-corrected chi connectivity index (χ1v) is 4.21. The molecule has 1 fully saturated rings. The number of hydrogen-bond donors (Lipinski definition) is 0. The highest BCUT2D eigenvalue weighted by atomic mass is 16.2. The van der Waals surface area contributed by atoms with Crippen molar-refractivity contribution in [2.75, 3.05) is 0 Å². The molecule has 0 saturated heterocycles. The SMILES string of the molecule is CCn1nnn(C2(C)CC2)c1=O. The molecule has 12 heavy (non-hydrogen) atoms. The van der Waals surface area contributed by atoms with E-state index >= 15 is 0 Å². The maximum Gasteiger partial charge on any atom is 0.364 e. The van der Waals surface area contributed by atoms with Gasteiger partial charge >= 0.3 is 5.69 Å². The molecule has 0 radical (unpaired) electrons. The van der Waals surface area contributed by atoms with Gasteiger partial charge in [0.05, 0.1) is 5.54 Å². The van der Waals surface area contributed by atoms with Crippen LogP contribution in [0, 0.1) is 0 Å². The zero-order valence-corrected chi connectivity index (χ0v) is 7.32. The van der Waals surface area contributed by atoms with Gasteiger partial charge in [0.25, 0.3) is 0 Å². The summed E-state index contributed by atoms with van der Waals surface area (Å²) in [5, 5.41) is 7.60. The molecule has 1 aromatic heterocycles. The molecule has 0 spiro atoms. The Labute approximate surface area is 70.0 Å². The summed E-state index contributed by atoms with van der Waals surface area (Å²) in [7, 11) is 0. The van der Waals surface area contributed by atoms with Crippen LogP contribution in [0.4, 0.5) is 0 Å². The first-order chi connectivity index (χ1) is 5.67. The summed E-state index contributed by atoms with van der Waals surface area (Å²) in [5.74, 6) is 0. The Morgan fingerprint density at radius 3 is 2.58 bits per heavy atom. The highest BCUT2D eigenvalue weighted by Gasteiger charge is 2.42. The van der Waals surface area contributed by atoms with Crippen LogP contribution in [-0.2, 0) is 12.1 Å². The summed E-state index contributed by atoms with van der Waals surface area (Å²) in [4.78, 5) is 11.5. The summed E-state index contributed by atoms with van der Waals surface area (Å²) in [6.07, 6.45) is 2.07. The molecule has 2 rings (SSSR count). The van der Waals surface area contributed by atoms with Crippen LogP contribution in [0.1, 0.15) is 26.7 Å². The predicted molar refractivity (Wildman–Crippen MR) is 42.8 cm³/mol. The Hall–Kier alpha value is -1.13. The first-order valence-electron chi connectivity index (χ1n) is 4.21. The fourth-order valence-electron chi connectivity index (χ4n) is 1.20. The molecule has 0 N–H and O–H groups in total. The number of aromatic nitrogens is 4. The van der Waals surface area contributed by atoms with Gasteiger partial charge < -0.3 is 0 Å². The summed E-state index contributed by atoms with van der Waals surface area (Å²) >= 11 is 0. The molecule has 5 nitrogen and oxygen atoms in total. The third-order valence-electron chi connectivity index (χ3n) is 2.42. The van der Waals surface area contributed by atoms with Crippen LogP contribution in [0.5, 0.6) is 0 Å². The summed E-state index contributed by atoms with van der Waals surface area (Å²) in [6.45, 7) is 4.51. The van der Waals surface area contributed by atoms with E-state index in [1.807, 2.05) is 13.8 Å². The van der Waals surface area contributed by atoms with Crippen LogP contribution in [0.2, 0.25) is 0 Å². The second kappa shape index (κ2) is 2.18. The van der Waals surface area contributed by atoms with E-state index in [1.165, 1.54) is 9.36 Å². The van der Waals surface area contributed by atoms with Crippen molar-refractivity contribution < 1.29 is 0 Å². The second-order valence-corrected chi connectivity index (χ2v) is 3.49. The van der Waals surface area contributed by atoms with Crippen molar-refractivity contribution in [3.05, 3.63) is 10.5 Å². The first kappa shape index (κ1) is 7.52. The van der Waals surface area contributed by atoms with Crippen LogP contribution >= 0.6 is 0 Å². The molecule has 1 saturated carbocycles. The minimum absolute atomic E-state index is 0.0372. The quantitative estimate of drug-likeness (QED) is 0.623. The molecule has 0 amide bonds. The molecule has 66 valence electrons. The molecule has 0 unspecified atom stereocenters. The lowest BCUT2D eigenvalue weighted by Gasteiger charge is -2.03. The molecule has 0 aliphatic heterocycles. The summed E-state index contributed by atoms with van der Waals surface area (Å²) < 4.78 is 2.88. The topological polar surface area (TPSA) is 52.7 Å². The minimum Gasteiger partial charge on any atom is -0.244 e. The van der Waals surface area contributed by atoms with Crippen LogP contribution in [0.3, 0.4) is 0 Å². The molecule has 5 heteroatoms. The Bertz CT molecular complexity index is 347. The van der Waals surface area contributed by atoms with Crippen molar-refractivity contribution >= 4 is 0 Å². The molecular weight excluding hydrogens is 156 g/mol. The molecule has 0 atom stereocenters. The van der Waals surface area contributed by atoms with Crippen molar-refractivity contribution in [3.8, 4) is 0 Å². The minimum atomic E-state index is -0.0856. The van der Waals surface area contributed by atoms with Gasteiger partial charge in [0.2, 0.25) is 0 Å². The van der Waals surface area contributed by atoms with Gasteiger partial charge in [0, 0.05) is 6.54 Å². The highest BCUT2D eigenvalue weighted by Crippen LogP contribution is 2.40. The van der Waals surface area contributed by atoms with Crippen LogP contribution in [-0.4, -0.2) is 19.8 Å². The van der Waals surface area contributed by atoms with Gasteiger partial charge in [-0.1, -0.05) is 0 Å². The molecule has 1 aliphatic carbocycles. The van der Waals surface area contributed by atoms with Gasteiger partial charge in [0.15, 0.2) is 0 Å². The Balaban J connectivity index is 2.46. The zero-order chi connectivity index (χ0) is 8.77. The average Bonchev–Trinajstić information content (AvgIpc) is 2.65. The van der Waals surface area contributed by atoms with Crippen molar-refractivity contribution in [1.29, 1.82) is 0 Å². The Morgan fingerprint density at radius 2 is 2.17 bits per heavy atom. The third-order valence-corrected chi connectivity index (χ3v) is 2.42. The normalized spacial score (nSPS) is 19.5. The van der Waals surface area contributed by atoms with E-state index in [-0.39, 0.29) is 11.2 Å². The molecular formula is C7H12N4O. The van der Waals surface area contributed by atoms with E-state index in [1.54, 1.807) is 0 Å². The molecule has 1 aromatic rings. The third kappa shape index (κ3) is 0.888. The molecule has 0 bridgehead atoms. The van der Waals surface area contributed by atoms with Gasteiger partial charge in [-0.25, -0.2) is 4.79 Å².